The lowest BCUT2D eigenvalue weighted by Crippen LogP contribution is -2.37. The molecule has 134 valence electrons. The molecule has 5 heteroatoms. The first kappa shape index (κ1) is 18.6. The molecular formula is C20H26N2O3. The van der Waals surface area contributed by atoms with E-state index < -0.39 is 0 Å². The summed E-state index contributed by atoms with van der Waals surface area (Å²) in [6, 6.07) is 13.7. The van der Waals surface area contributed by atoms with Crippen LogP contribution in [-0.2, 0) is 13.0 Å². The summed E-state index contributed by atoms with van der Waals surface area (Å²) in [5, 5.41) is 2.95. The number of ether oxygens (including phenoxy) is 2. The number of nitrogens with one attached hydrogen (secondary N) is 1. The number of hydrogen-bond acceptors (Lipinski definition) is 3. The molecule has 1 N–H and O–H groups in total. The minimum atomic E-state index is -0.102. The third kappa shape index (κ3) is 5.41. The fourth-order valence-electron chi connectivity index (χ4n) is 2.66. The standard InChI is InChI=1S/C20H26N2O3/c1-15-8-9-19(25-4)17(12-15)10-11-21-20(23)22(2)14-16-6-5-7-18(13-16)24-3/h5-9,12-13H,10-11,14H2,1-4H3,(H,21,23). The molecule has 0 aliphatic carbocycles. The van der Waals surface area contributed by atoms with Crippen molar-refractivity contribution in [3.63, 3.8) is 0 Å². The van der Waals surface area contributed by atoms with E-state index in [-0.39, 0.29) is 6.03 Å². The lowest BCUT2D eigenvalue weighted by Gasteiger charge is -2.19. The van der Waals surface area contributed by atoms with Crippen LogP contribution < -0.4 is 14.8 Å². The van der Waals surface area contributed by atoms with Crippen LogP contribution in [0.1, 0.15) is 16.7 Å². The molecule has 0 saturated carbocycles. The number of carbonyl (C=O) groups excluding carboxylic acids is 1. The summed E-state index contributed by atoms with van der Waals surface area (Å²) in [5.41, 5.74) is 3.30. The molecule has 2 aromatic carbocycles. The largest absolute Gasteiger partial charge is 0.497 e. The van der Waals surface area contributed by atoms with E-state index >= 15 is 0 Å². The fraction of sp³-hybridized carbons (Fsp3) is 0.350. The first-order valence-corrected chi connectivity index (χ1v) is 8.29. The lowest BCUT2D eigenvalue weighted by atomic mass is 10.1. The van der Waals surface area contributed by atoms with Crippen LogP contribution in [0.5, 0.6) is 11.5 Å². The molecule has 0 aliphatic rings. The summed E-state index contributed by atoms with van der Waals surface area (Å²) >= 11 is 0. The average Bonchev–Trinajstić information content (AvgIpc) is 2.62. The van der Waals surface area contributed by atoms with E-state index in [9.17, 15) is 4.79 Å². The Labute approximate surface area is 149 Å². The molecule has 5 nitrogen and oxygen atoms in total. The van der Waals surface area contributed by atoms with E-state index in [2.05, 4.69) is 11.4 Å². The van der Waals surface area contributed by atoms with E-state index in [1.54, 1.807) is 26.2 Å². The van der Waals surface area contributed by atoms with Crippen molar-refractivity contribution in [3.8, 4) is 11.5 Å². The monoisotopic (exact) mass is 342 g/mol. The van der Waals surface area contributed by atoms with Crippen LogP contribution in [0.4, 0.5) is 4.79 Å². The molecule has 0 atom stereocenters. The predicted octanol–water partition coefficient (Wildman–Crippen LogP) is 3.40. The van der Waals surface area contributed by atoms with Gasteiger partial charge < -0.3 is 19.7 Å². The SMILES string of the molecule is COc1cccc(CN(C)C(=O)NCCc2cc(C)ccc2OC)c1. The summed E-state index contributed by atoms with van der Waals surface area (Å²) < 4.78 is 10.6. The van der Waals surface area contributed by atoms with E-state index in [1.807, 2.05) is 43.3 Å². The predicted molar refractivity (Wildman–Crippen MR) is 99.3 cm³/mol. The molecule has 0 radical (unpaired) electrons. The van der Waals surface area contributed by atoms with Gasteiger partial charge in [-0.3, -0.25) is 0 Å². The quantitative estimate of drug-likeness (QED) is 0.839. The maximum atomic E-state index is 12.3. The minimum absolute atomic E-state index is 0.102. The maximum Gasteiger partial charge on any atom is 0.317 e. The Kier molecular flexibility index (Phi) is 6.69. The molecule has 0 heterocycles. The normalized spacial score (nSPS) is 10.2. The van der Waals surface area contributed by atoms with Gasteiger partial charge in [0.15, 0.2) is 0 Å². The Hall–Kier alpha value is -2.69. The second-order valence-electron chi connectivity index (χ2n) is 6.00. The Bertz CT molecular complexity index is 716. The Balaban J connectivity index is 1.86. The molecule has 0 bridgehead atoms. The van der Waals surface area contributed by atoms with E-state index in [1.165, 1.54) is 5.56 Å². The molecule has 0 unspecified atom stereocenters. The number of aryl methyl sites for hydroxylation is 1. The number of hydrogen-bond donors (Lipinski definition) is 1. The maximum absolute atomic E-state index is 12.3. The van der Waals surface area contributed by atoms with E-state index in [0.717, 1.165) is 29.0 Å². The zero-order chi connectivity index (χ0) is 18.2. The Morgan fingerprint density at radius 2 is 1.92 bits per heavy atom. The van der Waals surface area contributed by atoms with Gasteiger partial charge in [0.05, 0.1) is 14.2 Å². The topological polar surface area (TPSA) is 50.8 Å². The number of rotatable bonds is 7. The fourth-order valence-corrected chi connectivity index (χ4v) is 2.66. The first-order chi connectivity index (χ1) is 12.0. The van der Waals surface area contributed by atoms with Gasteiger partial charge in [-0.15, -0.1) is 0 Å². The number of carbonyl (C=O) groups is 1. The van der Waals surface area contributed by atoms with Gasteiger partial charge in [-0.05, 0) is 42.7 Å². The van der Waals surface area contributed by atoms with Crippen LogP contribution >= 0.6 is 0 Å². The number of methoxy groups -OCH3 is 2. The first-order valence-electron chi connectivity index (χ1n) is 8.29. The van der Waals surface area contributed by atoms with Crippen LogP contribution in [0.25, 0.3) is 0 Å². The highest BCUT2D eigenvalue weighted by Crippen LogP contribution is 2.19. The van der Waals surface area contributed by atoms with Crippen LogP contribution in [0.2, 0.25) is 0 Å². The second kappa shape index (κ2) is 8.97. The smallest absolute Gasteiger partial charge is 0.317 e. The summed E-state index contributed by atoms with van der Waals surface area (Å²) in [7, 11) is 5.08. The van der Waals surface area contributed by atoms with Crippen molar-refractivity contribution in [2.45, 2.75) is 19.9 Å². The molecule has 0 saturated heterocycles. The molecule has 25 heavy (non-hydrogen) atoms. The molecular weight excluding hydrogens is 316 g/mol. The van der Waals surface area contributed by atoms with Crippen LogP contribution in [-0.4, -0.2) is 38.7 Å². The number of amides is 2. The molecule has 0 aliphatic heterocycles. The average molecular weight is 342 g/mol. The lowest BCUT2D eigenvalue weighted by molar-refractivity contribution is 0.207. The zero-order valence-electron chi connectivity index (χ0n) is 15.3. The molecule has 2 aromatic rings. The van der Waals surface area contributed by atoms with Crippen LogP contribution in [0.3, 0.4) is 0 Å². The van der Waals surface area contributed by atoms with Gasteiger partial charge in [-0.25, -0.2) is 4.79 Å². The van der Waals surface area contributed by atoms with Gasteiger partial charge in [0, 0.05) is 20.1 Å². The van der Waals surface area contributed by atoms with Gasteiger partial charge in [-0.1, -0.05) is 29.8 Å². The van der Waals surface area contributed by atoms with Crippen molar-refractivity contribution in [3.05, 3.63) is 59.2 Å². The highest BCUT2D eigenvalue weighted by Gasteiger charge is 2.10. The minimum Gasteiger partial charge on any atom is -0.497 e. The van der Waals surface area contributed by atoms with Crippen LogP contribution in [0.15, 0.2) is 42.5 Å². The highest BCUT2D eigenvalue weighted by atomic mass is 16.5. The van der Waals surface area contributed by atoms with Crippen LogP contribution in [0, 0.1) is 6.92 Å². The molecule has 0 aromatic heterocycles. The van der Waals surface area contributed by atoms with E-state index in [4.69, 9.17) is 9.47 Å². The Morgan fingerprint density at radius 3 is 2.64 bits per heavy atom. The van der Waals surface area contributed by atoms with Crippen molar-refractivity contribution in [1.29, 1.82) is 0 Å². The summed E-state index contributed by atoms with van der Waals surface area (Å²) in [6.07, 6.45) is 0.726. The second-order valence-corrected chi connectivity index (χ2v) is 6.00. The van der Waals surface area contributed by atoms with Gasteiger partial charge in [0.1, 0.15) is 11.5 Å². The molecule has 2 amide bonds. The van der Waals surface area contributed by atoms with Crippen molar-refractivity contribution in [1.82, 2.24) is 10.2 Å². The van der Waals surface area contributed by atoms with Gasteiger partial charge in [-0.2, -0.15) is 0 Å². The van der Waals surface area contributed by atoms with E-state index in [0.29, 0.717) is 13.1 Å². The van der Waals surface area contributed by atoms with Crippen molar-refractivity contribution in [2.75, 3.05) is 27.8 Å². The molecule has 0 spiro atoms. The summed E-state index contributed by atoms with van der Waals surface area (Å²) in [4.78, 5) is 13.9. The Morgan fingerprint density at radius 1 is 1.12 bits per heavy atom. The summed E-state index contributed by atoms with van der Waals surface area (Å²) in [5.74, 6) is 1.64. The van der Waals surface area contributed by atoms with Gasteiger partial charge in [0.2, 0.25) is 0 Å². The zero-order valence-corrected chi connectivity index (χ0v) is 15.3. The van der Waals surface area contributed by atoms with Gasteiger partial charge >= 0.3 is 6.03 Å². The van der Waals surface area contributed by atoms with Gasteiger partial charge in [0.25, 0.3) is 0 Å². The van der Waals surface area contributed by atoms with Crippen molar-refractivity contribution < 1.29 is 14.3 Å². The number of benzene rings is 2. The molecule has 0 fully saturated rings. The van der Waals surface area contributed by atoms with Crippen molar-refractivity contribution in [2.24, 2.45) is 0 Å². The number of nitrogens with zero attached hydrogens (tertiary/aromatic N) is 1. The number of urea groups is 1. The van der Waals surface area contributed by atoms with Crippen molar-refractivity contribution >= 4 is 6.03 Å². The highest BCUT2D eigenvalue weighted by molar-refractivity contribution is 5.73. The third-order valence-electron chi connectivity index (χ3n) is 4.01. The molecule has 2 rings (SSSR count). The summed E-state index contributed by atoms with van der Waals surface area (Å²) in [6.45, 7) is 3.13. The third-order valence-corrected chi connectivity index (χ3v) is 4.01.